The number of hydrogen-bond acceptors (Lipinski definition) is 7. The van der Waals surface area contributed by atoms with Gasteiger partial charge in [0.2, 0.25) is 0 Å². The number of benzene rings is 2. The molecule has 2 aromatic carbocycles. The molecule has 0 N–H and O–H groups in total. The number of ketones is 1. The summed E-state index contributed by atoms with van der Waals surface area (Å²) in [6, 6.07) is 19.6. The van der Waals surface area contributed by atoms with E-state index in [-0.39, 0.29) is 70.0 Å². The number of cyclic esters (lactones) is 1. The molecule has 1 saturated heterocycles. The Balaban J connectivity index is 1.13. The van der Waals surface area contributed by atoms with Crippen molar-refractivity contribution >= 4 is 23.8 Å². The number of fused-ring (bicyclic) bond motifs is 7. The molecule has 4 saturated carbocycles. The SMILES string of the molecule is COC(=O)[C@]1(C)[C@@H](N2C[C@@H](C)OC2=O)CC[C@@]2(C)[C@H]1CC[C@]1(C)[C@@H]2C(=O)C=C2[C@@H]3C[C@@](C)(C(=O)OC(c4ccccc4)c4ccccc4)CC[C@]3(C)CC[C@]21C. The van der Waals surface area contributed by atoms with Gasteiger partial charge in [-0.2, -0.15) is 0 Å². The Morgan fingerprint density at radius 1 is 0.804 bits per heavy atom. The van der Waals surface area contributed by atoms with Crippen LogP contribution in [0.5, 0.6) is 0 Å². The van der Waals surface area contributed by atoms with Crippen LogP contribution in [0.25, 0.3) is 0 Å². The summed E-state index contributed by atoms with van der Waals surface area (Å²) in [5.74, 6) is -0.735. The standard InChI is InChI=1S/C48H61NO7/c1-30-29-49(42(53)55-30)37-20-21-45(4)36(48(37,7)41(52)54-8)19-22-47(6)39(45)35(50)27-33-34-28-44(3,24-23-43(34,2)25-26-46(33,47)5)40(51)56-38(31-15-11-9-12-16-31)32-17-13-10-14-18-32/h9-18,27,30,34,36-39H,19-26,28-29H2,1-8H3/t30-,34+,36-,37+,39-,43-,44+,45+,46-,47-,48+/m1/s1. The minimum Gasteiger partial charge on any atom is -0.469 e. The average Bonchev–Trinajstić information content (AvgIpc) is 3.51. The zero-order chi connectivity index (χ0) is 40.1. The van der Waals surface area contributed by atoms with Gasteiger partial charge in [-0.3, -0.25) is 14.4 Å². The van der Waals surface area contributed by atoms with Gasteiger partial charge < -0.3 is 19.1 Å². The van der Waals surface area contributed by atoms with Crippen LogP contribution in [0.4, 0.5) is 4.79 Å². The Morgan fingerprint density at radius 2 is 1.43 bits per heavy atom. The summed E-state index contributed by atoms with van der Waals surface area (Å²) in [7, 11) is 1.44. The zero-order valence-corrected chi connectivity index (χ0v) is 34.7. The number of hydrogen-bond donors (Lipinski definition) is 0. The fourth-order valence-corrected chi connectivity index (χ4v) is 13.7. The summed E-state index contributed by atoms with van der Waals surface area (Å²) in [6.45, 7) is 15.8. The molecule has 6 aliphatic rings. The number of amides is 1. The van der Waals surface area contributed by atoms with Crippen LogP contribution in [0, 0.1) is 50.2 Å². The van der Waals surface area contributed by atoms with Crippen molar-refractivity contribution in [2.24, 2.45) is 50.2 Å². The summed E-state index contributed by atoms with van der Waals surface area (Å²) in [6.07, 6.45) is 8.03. The molecule has 1 amide bonds. The molecule has 1 heterocycles. The van der Waals surface area contributed by atoms with E-state index < -0.39 is 22.3 Å². The predicted molar refractivity (Wildman–Crippen MR) is 213 cm³/mol. The number of allylic oxidation sites excluding steroid dienone is 2. The third-order valence-electron chi connectivity index (χ3n) is 17.1. The van der Waals surface area contributed by atoms with Crippen LogP contribution in [0.1, 0.15) is 123 Å². The van der Waals surface area contributed by atoms with Crippen molar-refractivity contribution in [3.8, 4) is 0 Å². The summed E-state index contributed by atoms with van der Waals surface area (Å²) in [5, 5.41) is 0. The first kappa shape index (κ1) is 38.9. The van der Waals surface area contributed by atoms with Crippen LogP contribution in [0.3, 0.4) is 0 Å². The van der Waals surface area contributed by atoms with Gasteiger partial charge in [-0.25, -0.2) is 4.79 Å². The summed E-state index contributed by atoms with van der Waals surface area (Å²) < 4.78 is 17.7. The van der Waals surface area contributed by atoms with Gasteiger partial charge in [0.1, 0.15) is 6.10 Å². The highest BCUT2D eigenvalue weighted by molar-refractivity contribution is 5.96. The van der Waals surface area contributed by atoms with Crippen LogP contribution in [0.2, 0.25) is 0 Å². The van der Waals surface area contributed by atoms with Gasteiger partial charge in [0.05, 0.1) is 30.5 Å². The molecule has 0 bridgehead atoms. The van der Waals surface area contributed by atoms with Crippen molar-refractivity contribution in [3.05, 3.63) is 83.4 Å². The first-order valence-corrected chi connectivity index (χ1v) is 21.1. The average molecular weight is 764 g/mol. The molecule has 11 atom stereocenters. The van der Waals surface area contributed by atoms with Crippen LogP contribution >= 0.6 is 0 Å². The number of rotatable bonds is 6. The molecule has 0 spiro atoms. The monoisotopic (exact) mass is 763 g/mol. The van der Waals surface area contributed by atoms with Crippen LogP contribution in [-0.4, -0.2) is 54.5 Å². The Hall–Kier alpha value is -3.94. The molecule has 5 aliphatic carbocycles. The van der Waals surface area contributed by atoms with Crippen molar-refractivity contribution in [2.45, 2.75) is 125 Å². The second-order valence-electron chi connectivity index (χ2n) is 20.0. The Bertz CT molecular complexity index is 1910. The number of ether oxygens (including phenoxy) is 3. The van der Waals surface area contributed by atoms with Crippen molar-refractivity contribution < 1.29 is 33.4 Å². The maximum absolute atomic E-state index is 15.1. The summed E-state index contributed by atoms with van der Waals surface area (Å²) in [5.41, 5.74) is 0.249. The molecule has 0 aromatic heterocycles. The molecular weight excluding hydrogens is 703 g/mol. The Labute approximate surface area is 333 Å². The van der Waals surface area contributed by atoms with E-state index in [1.807, 2.05) is 80.6 Å². The van der Waals surface area contributed by atoms with Crippen LogP contribution < -0.4 is 0 Å². The highest BCUT2D eigenvalue weighted by Gasteiger charge is 2.73. The second kappa shape index (κ2) is 13.3. The number of carbonyl (C=O) groups is 4. The van der Waals surface area contributed by atoms with Crippen molar-refractivity contribution in [1.82, 2.24) is 4.90 Å². The van der Waals surface area contributed by atoms with Gasteiger partial charge in [0, 0.05) is 5.92 Å². The molecule has 300 valence electrons. The normalized spacial score (nSPS) is 41.7. The van der Waals surface area contributed by atoms with E-state index in [9.17, 15) is 14.4 Å². The summed E-state index contributed by atoms with van der Waals surface area (Å²) >= 11 is 0. The first-order chi connectivity index (χ1) is 26.4. The summed E-state index contributed by atoms with van der Waals surface area (Å²) in [4.78, 5) is 58.6. The minimum atomic E-state index is -0.995. The molecule has 8 rings (SSSR count). The number of carbonyl (C=O) groups excluding carboxylic acids is 4. The first-order valence-electron chi connectivity index (χ1n) is 21.1. The van der Waals surface area contributed by atoms with Gasteiger partial charge in [0.25, 0.3) is 0 Å². The topological polar surface area (TPSA) is 99.2 Å². The van der Waals surface area contributed by atoms with Crippen molar-refractivity contribution in [3.63, 3.8) is 0 Å². The van der Waals surface area contributed by atoms with E-state index in [1.165, 1.54) is 12.7 Å². The third-order valence-corrected chi connectivity index (χ3v) is 17.1. The van der Waals surface area contributed by atoms with E-state index in [0.717, 1.165) is 56.1 Å². The number of esters is 2. The lowest BCUT2D eigenvalue weighted by molar-refractivity contribution is -0.208. The maximum atomic E-state index is 15.1. The fraction of sp³-hybridized carbons (Fsp3) is 0.625. The molecule has 0 radical (unpaired) electrons. The van der Waals surface area contributed by atoms with Crippen molar-refractivity contribution in [1.29, 1.82) is 0 Å². The lowest BCUT2D eigenvalue weighted by Crippen LogP contribution is -2.69. The number of methoxy groups -OCH3 is 1. The lowest BCUT2D eigenvalue weighted by atomic mass is 9.33. The smallest absolute Gasteiger partial charge is 0.410 e. The molecule has 8 nitrogen and oxygen atoms in total. The molecule has 5 fully saturated rings. The molecule has 1 aliphatic heterocycles. The van der Waals surface area contributed by atoms with Gasteiger partial charge in [-0.1, -0.05) is 93.9 Å². The highest BCUT2D eigenvalue weighted by Crippen LogP contribution is 2.75. The Kier molecular flexibility index (Phi) is 9.25. The third kappa shape index (κ3) is 5.50. The van der Waals surface area contributed by atoms with E-state index in [2.05, 4.69) is 34.6 Å². The van der Waals surface area contributed by atoms with Crippen LogP contribution in [0.15, 0.2) is 72.3 Å². The van der Waals surface area contributed by atoms with Gasteiger partial charge in [-0.15, -0.1) is 0 Å². The largest absolute Gasteiger partial charge is 0.469 e. The van der Waals surface area contributed by atoms with Gasteiger partial charge in [-0.05, 0) is 129 Å². The van der Waals surface area contributed by atoms with Crippen molar-refractivity contribution in [2.75, 3.05) is 13.7 Å². The fourth-order valence-electron chi connectivity index (χ4n) is 13.7. The second-order valence-corrected chi connectivity index (χ2v) is 20.0. The Morgan fingerprint density at radius 3 is 2.02 bits per heavy atom. The minimum absolute atomic E-state index is 0.0308. The molecule has 2 aromatic rings. The maximum Gasteiger partial charge on any atom is 0.410 e. The molecule has 56 heavy (non-hydrogen) atoms. The molecular formula is C48H61NO7. The highest BCUT2D eigenvalue weighted by atomic mass is 16.6. The lowest BCUT2D eigenvalue weighted by Gasteiger charge is -2.70. The van der Waals surface area contributed by atoms with Gasteiger partial charge in [0.15, 0.2) is 11.9 Å². The quantitative estimate of drug-likeness (QED) is 0.214. The number of nitrogens with zero attached hydrogens (tertiary/aromatic N) is 1. The molecule has 8 heteroatoms. The van der Waals surface area contributed by atoms with E-state index in [4.69, 9.17) is 14.2 Å². The van der Waals surface area contributed by atoms with Crippen LogP contribution in [-0.2, 0) is 28.6 Å². The molecule has 0 unspecified atom stereocenters. The zero-order valence-electron chi connectivity index (χ0n) is 34.7. The predicted octanol–water partition coefficient (Wildman–Crippen LogP) is 9.66. The van der Waals surface area contributed by atoms with E-state index in [1.54, 1.807) is 4.90 Å². The van der Waals surface area contributed by atoms with Gasteiger partial charge >= 0.3 is 18.0 Å². The van der Waals surface area contributed by atoms with E-state index in [0.29, 0.717) is 19.4 Å². The van der Waals surface area contributed by atoms with E-state index >= 15 is 4.79 Å².